The molecular weight excluding hydrogens is 196 g/mol. The van der Waals surface area contributed by atoms with Crippen molar-refractivity contribution in [2.75, 3.05) is 0 Å². The summed E-state index contributed by atoms with van der Waals surface area (Å²) in [4.78, 5) is 0. The van der Waals surface area contributed by atoms with Crippen LogP contribution in [0, 0.1) is 5.82 Å². The normalized spacial score (nSPS) is 14.6. The molecule has 1 aromatic rings. The predicted molar refractivity (Wildman–Crippen MR) is 44.1 cm³/mol. The predicted octanol–water partition coefficient (Wildman–Crippen LogP) is 3.41. The molecule has 0 amide bonds. The molecule has 0 heterocycles. The lowest BCUT2D eigenvalue weighted by atomic mass is 10.1. The summed E-state index contributed by atoms with van der Waals surface area (Å²) in [5.74, 6) is -1.21. The maximum absolute atomic E-state index is 13.0. The Morgan fingerprint density at radius 2 is 1.86 bits per heavy atom. The number of allylic oxidation sites excluding steroid dienone is 1. The smallest absolute Gasteiger partial charge is 0.206 e. The van der Waals surface area contributed by atoms with Gasteiger partial charge in [0.25, 0.3) is 0 Å². The first-order chi connectivity index (χ1) is 6.48. The number of fused-ring (bicyclic) bond motifs is 1. The van der Waals surface area contributed by atoms with Gasteiger partial charge in [0, 0.05) is 0 Å². The standard InChI is InChI=1S/C10H6F4/c11-9-5-7-3-1-2-6(7)4-8(9)10(12,13)14/h1,3-5H,2H2. The molecule has 0 aliphatic heterocycles. The lowest BCUT2D eigenvalue weighted by molar-refractivity contribution is -0.140. The van der Waals surface area contributed by atoms with Crippen molar-refractivity contribution >= 4 is 6.08 Å². The fourth-order valence-corrected chi connectivity index (χ4v) is 1.50. The van der Waals surface area contributed by atoms with Crippen molar-refractivity contribution in [3.8, 4) is 0 Å². The zero-order valence-corrected chi connectivity index (χ0v) is 7.03. The SMILES string of the molecule is Fc1cc2c(cc1C(F)(F)F)CC=C2. The van der Waals surface area contributed by atoms with Crippen LogP contribution >= 0.6 is 0 Å². The minimum atomic E-state index is -4.61. The van der Waals surface area contributed by atoms with Crippen LogP contribution in [0.25, 0.3) is 6.08 Å². The summed E-state index contributed by atoms with van der Waals surface area (Å²) in [7, 11) is 0. The third kappa shape index (κ3) is 1.41. The molecule has 1 aromatic carbocycles. The minimum absolute atomic E-state index is 0.443. The Balaban J connectivity index is 2.56. The second-order valence-corrected chi connectivity index (χ2v) is 3.14. The van der Waals surface area contributed by atoms with Crippen LogP contribution in [0.1, 0.15) is 16.7 Å². The van der Waals surface area contributed by atoms with E-state index in [0.29, 0.717) is 17.5 Å². The monoisotopic (exact) mass is 202 g/mol. The Morgan fingerprint density at radius 1 is 1.14 bits per heavy atom. The van der Waals surface area contributed by atoms with E-state index in [4.69, 9.17) is 0 Å². The number of benzene rings is 1. The van der Waals surface area contributed by atoms with Gasteiger partial charge in [0.1, 0.15) is 5.82 Å². The number of hydrogen-bond donors (Lipinski definition) is 0. The van der Waals surface area contributed by atoms with Crippen molar-refractivity contribution in [1.29, 1.82) is 0 Å². The molecule has 2 rings (SSSR count). The van der Waals surface area contributed by atoms with Crippen molar-refractivity contribution in [1.82, 2.24) is 0 Å². The van der Waals surface area contributed by atoms with E-state index in [1.807, 2.05) is 0 Å². The number of halogens is 4. The van der Waals surface area contributed by atoms with Crippen LogP contribution in [0.5, 0.6) is 0 Å². The van der Waals surface area contributed by atoms with Crippen LogP contribution in [0.15, 0.2) is 18.2 Å². The molecule has 0 fully saturated rings. The van der Waals surface area contributed by atoms with E-state index in [1.54, 1.807) is 12.2 Å². The first-order valence-corrected chi connectivity index (χ1v) is 4.04. The summed E-state index contributed by atoms with van der Waals surface area (Å²) in [5, 5.41) is 0. The van der Waals surface area contributed by atoms with Gasteiger partial charge in [-0.15, -0.1) is 0 Å². The maximum atomic E-state index is 13.0. The van der Waals surface area contributed by atoms with Gasteiger partial charge in [-0.1, -0.05) is 12.2 Å². The van der Waals surface area contributed by atoms with Crippen molar-refractivity contribution in [3.63, 3.8) is 0 Å². The molecule has 0 N–H and O–H groups in total. The van der Waals surface area contributed by atoms with Gasteiger partial charge in [-0.3, -0.25) is 0 Å². The van der Waals surface area contributed by atoms with Gasteiger partial charge in [0.2, 0.25) is 0 Å². The Bertz CT molecular complexity index is 401. The lowest BCUT2D eigenvalue weighted by Gasteiger charge is -2.09. The maximum Gasteiger partial charge on any atom is 0.419 e. The summed E-state index contributed by atoms with van der Waals surface area (Å²) in [6, 6.07) is 1.81. The lowest BCUT2D eigenvalue weighted by Crippen LogP contribution is -2.09. The molecule has 0 bridgehead atoms. The van der Waals surface area contributed by atoms with E-state index in [-0.39, 0.29) is 0 Å². The van der Waals surface area contributed by atoms with E-state index in [2.05, 4.69) is 0 Å². The van der Waals surface area contributed by atoms with Gasteiger partial charge in [0.15, 0.2) is 0 Å². The molecular formula is C10H6F4. The van der Waals surface area contributed by atoms with Gasteiger partial charge < -0.3 is 0 Å². The molecule has 0 radical (unpaired) electrons. The average molecular weight is 202 g/mol. The van der Waals surface area contributed by atoms with Crippen molar-refractivity contribution in [2.45, 2.75) is 12.6 Å². The zero-order valence-electron chi connectivity index (χ0n) is 7.03. The van der Waals surface area contributed by atoms with Crippen LogP contribution in [0.2, 0.25) is 0 Å². The molecule has 0 atom stereocenters. The highest BCUT2D eigenvalue weighted by Gasteiger charge is 2.34. The topological polar surface area (TPSA) is 0 Å². The molecule has 0 nitrogen and oxygen atoms in total. The molecule has 0 aromatic heterocycles. The number of rotatable bonds is 0. The summed E-state index contributed by atoms with van der Waals surface area (Å²) in [6.07, 6.45) is -0.830. The molecule has 74 valence electrons. The van der Waals surface area contributed by atoms with Gasteiger partial charge in [0.05, 0.1) is 5.56 Å². The minimum Gasteiger partial charge on any atom is -0.206 e. The number of alkyl halides is 3. The largest absolute Gasteiger partial charge is 0.419 e. The first kappa shape index (κ1) is 9.24. The Labute approximate surface area is 77.9 Å². The fraction of sp³-hybridized carbons (Fsp3) is 0.200. The summed E-state index contributed by atoms with van der Waals surface area (Å²) >= 11 is 0. The second-order valence-electron chi connectivity index (χ2n) is 3.14. The Morgan fingerprint density at radius 3 is 2.50 bits per heavy atom. The first-order valence-electron chi connectivity index (χ1n) is 4.04. The third-order valence-corrected chi connectivity index (χ3v) is 2.17. The highest BCUT2D eigenvalue weighted by molar-refractivity contribution is 5.60. The molecule has 1 aliphatic rings. The Kier molecular flexibility index (Phi) is 1.87. The van der Waals surface area contributed by atoms with Crippen molar-refractivity contribution in [3.05, 3.63) is 40.7 Å². The third-order valence-electron chi connectivity index (χ3n) is 2.17. The molecule has 0 saturated heterocycles. The molecule has 14 heavy (non-hydrogen) atoms. The van der Waals surface area contributed by atoms with E-state index in [1.165, 1.54) is 0 Å². The second kappa shape index (κ2) is 2.83. The fourth-order valence-electron chi connectivity index (χ4n) is 1.50. The van der Waals surface area contributed by atoms with Crippen molar-refractivity contribution < 1.29 is 17.6 Å². The Hall–Kier alpha value is -1.32. The van der Waals surface area contributed by atoms with E-state index in [0.717, 1.165) is 12.1 Å². The van der Waals surface area contributed by atoms with Crippen LogP contribution in [-0.2, 0) is 12.6 Å². The highest BCUT2D eigenvalue weighted by atomic mass is 19.4. The average Bonchev–Trinajstić information content (AvgIpc) is 2.47. The van der Waals surface area contributed by atoms with Gasteiger partial charge in [-0.25, -0.2) is 4.39 Å². The van der Waals surface area contributed by atoms with E-state index >= 15 is 0 Å². The molecule has 4 heteroatoms. The molecule has 1 aliphatic carbocycles. The van der Waals surface area contributed by atoms with Gasteiger partial charge in [-0.05, 0) is 29.7 Å². The van der Waals surface area contributed by atoms with Gasteiger partial charge >= 0.3 is 6.18 Å². The molecule has 0 unspecified atom stereocenters. The van der Waals surface area contributed by atoms with Crippen LogP contribution in [0.4, 0.5) is 17.6 Å². The zero-order chi connectivity index (χ0) is 10.3. The quantitative estimate of drug-likeness (QED) is 0.565. The summed E-state index contributed by atoms with van der Waals surface area (Å²) in [5.41, 5.74) is -0.117. The van der Waals surface area contributed by atoms with Crippen LogP contribution < -0.4 is 0 Å². The summed E-state index contributed by atoms with van der Waals surface area (Å²) < 4.78 is 49.8. The van der Waals surface area contributed by atoms with Gasteiger partial charge in [-0.2, -0.15) is 13.2 Å². The van der Waals surface area contributed by atoms with Crippen molar-refractivity contribution in [2.24, 2.45) is 0 Å². The van der Waals surface area contributed by atoms with Crippen LogP contribution in [0.3, 0.4) is 0 Å². The van der Waals surface area contributed by atoms with Crippen LogP contribution in [-0.4, -0.2) is 0 Å². The van der Waals surface area contributed by atoms with E-state index in [9.17, 15) is 17.6 Å². The summed E-state index contributed by atoms with van der Waals surface area (Å²) in [6.45, 7) is 0. The molecule has 0 spiro atoms. The highest BCUT2D eigenvalue weighted by Crippen LogP contribution is 2.34. The van der Waals surface area contributed by atoms with E-state index < -0.39 is 17.6 Å². The number of hydrogen-bond acceptors (Lipinski definition) is 0. The molecule has 0 saturated carbocycles.